The number of benzene rings is 1. The molecule has 2 rings (SSSR count). The lowest BCUT2D eigenvalue weighted by atomic mass is 10.1. The van der Waals surface area contributed by atoms with Crippen molar-refractivity contribution in [1.82, 2.24) is 4.98 Å². The summed E-state index contributed by atoms with van der Waals surface area (Å²) in [4.78, 5) is 3.96. The van der Waals surface area contributed by atoms with E-state index in [4.69, 9.17) is 8.92 Å². The number of pyridine rings is 1. The molecule has 0 atom stereocenters. The predicted molar refractivity (Wildman–Crippen MR) is 74.5 cm³/mol. The molecule has 1 aromatic heterocycles. The van der Waals surface area contributed by atoms with E-state index in [0.29, 0.717) is 11.3 Å². The van der Waals surface area contributed by atoms with Crippen LogP contribution in [-0.2, 0) is 10.1 Å². The Morgan fingerprint density at radius 3 is 2.45 bits per heavy atom. The molecule has 0 radical (unpaired) electrons. The minimum absolute atomic E-state index is 0.0420. The van der Waals surface area contributed by atoms with Crippen LogP contribution < -0.4 is 8.92 Å². The van der Waals surface area contributed by atoms with E-state index >= 15 is 0 Å². The van der Waals surface area contributed by atoms with Gasteiger partial charge in [0.1, 0.15) is 10.6 Å². The van der Waals surface area contributed by atoms with Crippen LogP contribution in [0.4, 0.5) is 0 Å². The van der Waals surface area contributed by atoms with Crippen LogP contribution in [0.2, 0.25) is 0 Å². The summed E-state index contributed by atoms with van der Waals surface area (Å²) in [5.41, 5.74) is 1.28. The lowest BCUT2D eigenvalue weighted by molar-refractivity contribution is 0.410. The molecule has 0 aliphatic heterocycles. The Balaban J connectivity index is 2.42. The van der Waals surface area contributed by atoms with Crippen LogP contribution in [-0.4, -0.2) is 20.5 Å². The van der Waals surface area contributed by atoms with Gasteiger partial charge in [-0.3, -0.25) is 0 Å². The molecule has 0 saturated heterocycles. The zero-order valence-corrected chi connectivity index (χ0v) is 12.3. The highest BCUT2D eigenvalue weighted by Crippen LogP contribution is 2.27. The van der Waals surface area contributed by atoms with E-state index in [1.807, 2.05) is 0 Å². The molecule has 20 heavy (non-hydrogen) atoms. The Bertz CT molecular complexity index is 711. The van der Waals surface area contributed by atoms with Gasteiger partial charge in [0.2, 0.25) is 5.88 Å². The Morgan fingerprint density at radius 1 is 1.10 bits per heavy atom. The average Bonchev–Trinajstić information content (AvgIpc) is 2.41. The van der Waals surface area contributed by atoms with Gasteiger partial charge in [-0.15, -0.1) is 0 Å². The van der Waals surface area contributed by atoms with E-state index in [9.17, 15) is 8.42 Å². The monoisotopic (exact) mass is 293 g/mol. The minimum Gasteiger partial charge on any atom is -0.496 e. The topological polar surface area (TPSA) is 65.5 Å². The molecule has 0 amide bonds. The molecular formula is C14H15NO4S. The van der Waals surface area contributed by atoms with Gasteiger partial charge in [-0.2, -0.15) is 8.42 Å². The van der Waals surface area contributed by atoms with Gasteiger partial charge in [0, 0.05) is 12.3 Å². The van der Waals surface area contributed by atoms with Gasteiger partial charge in [0.05, 0.1) is 7.11 Å². The largest absolute Gasteiger partial charge is 0.496 e. The molecule has 6 heteroatoms. The van der Waals surface area contributed by atoms with Gasteiger partial charge < -0.3 is 8.92 Å². The fourth-order valence-corrected chi connectivity index (χ4v) is 2.99. The zero-order valence-electron chi connectivity index (χ0n) is 11.5. The molecule has 5 nitrogen and oxygen atoms in total. The van der Waals surface area contributed by atoms with E-state index in [0.717, 1.165) is 5.56 Å². The van der Waals surface area contributed by atoms with E-state index in [1.165, 1.54) is 18.3 Å². The van der Waals surface area contributed by atoms with E-state index in [-0.39, 0.29) is 10.8 Å². The normalized spacial score (nSPS) is 11.2. The van der Waals surface area contributed by atoms with Crippen LogP contribution in [0, 0.1) is 13.8 Å². The first kappa shape index (κ1) is 14.3. The van der Waals surface area contributed by atoms with Gasteiger partial charge in [0.25, 0.3) is 0 Å². The smallest absolute Gasteiger partial charge is 0.340 e. The van der Waals surface area contributed by atoms with Crippen LogP contribution in [0.5, 0.6) is 11.6 Å². The standard InChI is InChI=1S/C14H15NO4S/c1-10-9-13(11(2)8-12(10)18-3)20(16,17)19-14-6-4-5-7-15-14/h4-9H,1-3H3. The van der Waals surface area contributed by atoms with Crippen LogP contribution in [0.3, 0.4) is 0 Å². The molecule has 2 aromatic rings. The molecule has 0 N–H and O–H groups in total. The van der Waals surface area contributed by atoms with Crippen LogP contribution in [0.15, 0.2) is 41.4 Å². The third-order valence-corrected chi connectivity index (χ3v) is 4.16. The maximum absolute atomic E-state index is 12.3. The summed E-state index contributed by atoms with van der Waals surface area (Å²) in [6.45, 7) is 3.47. The van der Waals surface area contributed by atoms with Gasteiger partial charge in [0.15, 0.2) is 0 Å². The van der Waals surface area contributed by atoms with Crippen LogP contribution >= 0.6 is 0 Å². The first-order chi connectivity index (χ1) is 9.44. The first-order valence-corrected chi connectivity index (χ1v) is 7.35. The van der Waals surface area contributed by atoms with Gasteiger partial charge in [-0.1, -0.05) is 6.07 Å². The second-order valence-corrected chi connectivity index (χ2v) is 5.81. The van der Waals surface area contributed by atoms with Gasteiger partial charge >= 0.3 is 10.1 Å². The summed E-state index contributed by atoms with van der Waals surface area (Å²) in [6, 6.07) is 8.03. The fraction of sp³-hybridized carbons (Fsp3) is 0.214. The van der Waals surface area contributed by atoms with E-state index < -0.39 is 10.1 Å². The number of rotatable bonds is 4. The Labute approximate surface area is 118 Å². The third kappa shape index (κ3) is 2.91. The number of ether oxygens (including phenoxy) is 1. The van der Waals surface area contributed by atoms with Crippen LogP contribution in [0.1, 0.15) is 11.1 Å². The SMILES string of the molecule is COc1cc(C)c(S(=O)(=O)Oc2ccccn2)cc1C. The summed E-state index contributed by atoms with van der Waals surface area (Å²) in [5, 5.41) is 0. The highest BCUT2D eigenvalue weighted by atomic mass is 32.2. The Kier molecular flexibility index (Phi) is 3.94. The number of hydrogen-bond acceptors (Lipinski definition) is 5. The van der Waals surface area contributed by atoms with Crippen molar-refractivity contribution in [3.63, 3.8) is 0 Å². The molecule has 0 bridgehead atoms. The Hall–Kier alpha value is -2.08. The molecule has 0 unspecified atom stereocenters. The second kappa shape index (κ2) is 5.50. The molecular weight excluding hydrogens is 278 g/mol. The molecule has 0 saturated carbocycles. The second-order valence-electron chi connectivity index (χ2n) is 4.29. The molecule has 0 aliphatic rings. The summed E-state index contributed by atoms with van der Waals surface area (Å²) >= 11 is 0. The third-order valence-electron chi connectivity index (χ3n) is 2.79. The molecule has 106 valence electrons. The minimum atomic E-state index is -3.91. The highest BCUT2D eigenvalue weighted by molar-refractivity contribution is 7.87. The highest BCUT2D eigenvalue weighted by Gasteiger charge is 2.21. The number of hydrogen-bond donors (Lipinski definition) is 0. The summed E-state index contributed by atoms with van der Waals surface area (Å²) in [5.74, 6) is 0.680. The summed E-state index contributed by atoms with van der Waals surface area (Å²) in [7, 11) is -2.37. The number of nitrogens with zero attached hydrogens (tertiary/aromatic N) is 1. The molecule has 1 heterocycles. The molecule has 1 aromatic carbocycles. The number of aryl methyl sites for hydroxylation is 2. The molecule has 0 fully saturated rings. The predicted octanol–water partition coefficient (Wildman–Crippen LogP) is 2.47. The van der Waals surface area contributed by atoms with Crippen molar-refractivity contribution in [2.24, 2.45) is 0 Å². The average molecular weight is 293 g/mol. The maximum atomic E-state index is 12.3. The van der Waals surface area contributed by atoms with E-state index in [2.05, 4.69) is 4.98 Å². The van der Waals surface area contributed by atoms with Gasteiger partial charge in [-0.25, -0.2) is 4.98 Å². The zero-order chi connectivity index (χ0) is 14.8. The van der Waals surface area contributed by atoms with Gasteiger partial charge in [-0.05, 0) is 43.2 Å². The number of aromatic nitrogens is 1. The summed E-state index contributed by atoms with van der Waals surface area (Å²) < 4.78 is 34.7. The maximum Gasteiger partial charge on any atom is 0.340 e. The van der Waals surface area contributed by atoms with Crippen molar-refractivity contribution in [2.75, 3.05) is 7.11 Å². The van der Waals surface area contributed by atoms with Crippen molar-refractivity contribution >= 4 is 10.1 Å². The number of methoxy groups -OCH3 is 1. The summed E-state index contributed by atoms with van der Waals surface area (Å²) in [6.07, 6.45) is 1.47. The van der Waals surface area contributed by atoms with Crippen molar-refractivity contribution in [2.45, 2.75) is 18.7 Å². The van der Waals surface area contributed by atoms with Crippen molar-refractivity contribution in [1.29, 1.82) is 0 Å². The fourth-order valence-electron chi connectivity index (χ4n) is 1.81. The quantitative estimate of drug-likeness (QED) is 0.810. The van der Waals surface area contributed by atoms with Crippen molar-refractivity contribution < 1.29 is 17.3 Å². The van der Waals surface area contributed by atoms with E-state index in [1.54, 1.807) is 39.2 Å². The first-order valence-electron chi connectivity index (χ1n) is 5.95. The molecule has 0 aliphatic carbocycles. The van der Waals surface area contributed by atoms with Crippen molar-refractivity contribution in [3.05, 3.63) is 47.7 Å². The lowest BCUT2D eigenvalue weighted by Crippen LogP contribution is -2.12. The Morgan fingerprint density at radius 2 is 1.85 bits per heavy atom. The van der Waals surface area contributed by atoms with Crippen molar-refractivity contribution in [3.8, 4) is 11.6 Å². The lowest BCUT2D eigenvalue weighted by Gasteiger charge is -2.12. The molecule has 0 spiro atoms. The van der Waals surface area contributed by atoms with Crippen LogP contribution in [0.25, 0.3) is 0 Å².